The lowest BCUT2D eigenvalue weighted by Crippen LogP contribution is -1.89. The zero-order valence-electron chi connectivity index (χ0n) is 34.1. The maximum Gasteiger partial charge on any atom is -0.00268 e. The highest BCUT2D eigenvalue weighted by Crippen LogP contribution is 2.41. The van der Waals surface area contributed by atoms with Gasteiger partial charge in [0.25, 0.3) is 0 Å². The minimum absolute atomic E-state index is 1.20. The quantitative estimate of drug-likeness (QED) is 0.147. The molecule has 0 saturated carbocycles. The van der Waals surface area contributed by atoms with E-state index in [0.29, 0.717) is 0 Å². The van der Waals surface area contributed by atoms with Crippen LogP contribution in [0.3, 0.4) is 0 Å². The van der Waals surface area contributed by atoms with E-state index in [1.165, 1.54) is 121 Å². The van der Waals surface area contributed by atoms with Crippen molar-refractivity contribution in [3.05, 3.63) is 243 Å². The first-order valence-corrected chi connectivity index (χ1v) is 21.5. The molecule has 0 nitrogen and oxygen atoms in total. The summed E-state index contributed by atoms with van der Waals surface area (Å²) in [6.07, 6.45) is 0. The molecule has 62 heavy (non-hydrogen) atoms. The maximum atomic E-state index is 2.34. The van der Waals surface area contributed by atoms with Crippen molar-refractivity contribution in [3.63, 3.8) is 0 Å². The molecule has 12 aromatic rings. The van der Waals surface area contributed by atoms with Crippen LogP contribution in [0.1, 0.15) is 0 Å². The summed E-state index contributed by atoms with van der Waals surface area (Å²) in [6.45, 7) is 0. The Hall–Kier alpha value is -8.06. The number of rotatable bonds is 6. The van der Waals surface area contributed by atoms with E-state index in [-0.39, 0.29) is 0 Å². The van der Waals surface area contributed by atoms with Gasteiger partial charge in [-0.15, -0.1) is 0 Å². The Morgan fingerprint density at radius 1 is 0.161 bits per heavy atom. The van der Waals surface area contributed by atoms with Crippen molar-refractivity contribution in [2.24, 2.45) is 0 Å². The van der Waals surface area contributed by atoms with Crippen molar-refractivity contribution in [3.8, 4) is 66.8 Å². The Kier molecular flexibility index (Phi) is 8.61. The SMILES string of the molecule is c1ccc(-c2c(-c3ccc(-c4ccc(-c5ccc6cc(-c7cc8ccccc8c8ccccc78)ccc6c5)cc4)cc3)ccc3cc(-c4ccc5ccccc5c4)ccc23)cc1. The van der Waals surface area contributed by atoms with E-state index in [1.54, 1.807) is 0 Å². The summed E-state index contributed by atoms with van der Waals surface area (Å²) in [5.41, 5.74) is 14.7. The second kappa shape index (κ2) is 14.9. The third-order valence-electron chi connectivity index (χ3n) is 12.8. The van der Waals surface area contributed by atoms with E-state index in [9.17, 15) is 0 Å². The van der Waals surface area contributed by atoms with Crippen molar-refractivity contribution in [2.45, 2.75) is 0 Å². The fraction of sp³-hybridized carbons (Fsp3) is 0. The van der Waals surface area contributed by atoms with E-state index < -0.39 is 0 Å². The van der Waals surface area contributed by atoms with Crippen LogP contribution < -0.4 is 0 Å². The predicted octanol–water partition coefficient (Wildman–Crippen LogP) is 17.5. The second-order valence-corrected chi connectivity index (χ2v) is 16.5. The highest BCUT2D eigenvalue weighted by atomic mass is 14.2. The molecule has 0 N–H and O–H groups in total. The molecule has 0 atom stereocenters. The summed E-state index contributed by atoms with van der Waals surface area (Å²) in [7, 11) is 0. The summed E-state index contributed by atoms with van der Waals surface area (Å²) in [6, 6.07) is 89.3. The van der Waals surface area contributed by atoms with Crippen LogP contribution in [-0.4, -0.2) is 0 Å². The Labute approximate surface area is 361 Å². The first kappa shape index (κ1) is 35.8. The van der Waals surface area contributed by atoms with Crippen molar-refractivity contribution < 1.29 is 0 Å². The number of hydrogen-bond donors (Lipinski definition) is 0. The van der Waals surface area contributed by atoms with E-state index in [2.05, 4.69) is 243 Å². The second-order valence-electron chi connectivity index (χ2n) is 16.5. The molecule has 12 aromatic carbocycles. The lowest BCUT2D eigenvalue weighted by molar-refractivity contribution is 1.58. The molecule has 0 aliphatic rings. The van der Waals surface area contributed by atoms with Crippen LogP contribution in [0.5, 0.6) is 0 Å². The lowest BCUT2D eigenvalue weighted by Gasteiger charge is -2.16. The van der Waals surface area contributed by atoms with Gasteiger partial charge in [-0.25, -0.2) is 0 Å². The summed E-state index contributed by atoms with van der Waals surface area (Å²) >= 11 is 0. The summed E-state index contributed by atoms with van der Waals surface area (Å²) in [4.78, 5) is 0. The van der Waals surface area contributed by atoms with Crippen LogP contribution in [0.25, 0.3) is 121 Å². The molecular formula is C62H40. The van der Waals surface area contributed by atoms with Crippen LogP contribution in [0.4, 0.5) is 0 Å². The number of benzene rings is 12. The molecule has 0 aromatic heterocycles. The number of hydrogen-bond acceptors (Lipinski definition) is 0. The molecule has 0 saturated heterocycles. The van der Waals surface area contributed by atoms with Gasteiger partial charge in [0.05, 0.1) is 0 Å². The fourth-order valence-electron chi connectivity index (χ4n) is 9.62. The Morgan fingerprint density at radius 3 is 1.29 bits per heavy atom. The standard InChI is InChI=1S/C62H40/c1-2-11-46(12-3-1)62-57(35-33-54-38-52(32-34-58(54)62)49-27-24-41-10-4-5-13-47(41)36-49)45-25-22-43(23-26-45)42-18-20-44(21-19-42)48-28-29-51-39-55(31-30-50(51)37-48)61-40-53-14-6-7-15-56(53)59-16-8-9-17-60(59)61/h1-40H. The largest absolute Gasteiger partial charge is 0.0622 e. The van der Waals surface area contributed by atoms with Crippen molar-refractivity contribution in [1.29, 1.82) is 0 Å². The minimum atomic E-state index is 1.20. The molecular weight excluding hydrogens is 745 g/mol. The van der Waals surface area contributed by atoms with Gasteiger partial charge in [-0.05, 0) is 151 Å². The van der Waals surface area contributed by atoms with Crippen LogP contribution in [0, 0.1) is 0 Å². The van der Waals surface area contributed by atoms with Crippen molar-refractivity contribution in [2.75, 3.05) is 0 Å². The molecule has 0 fully saturated rings. The van der Waals surface area contributed by atoms with E-state index in [0.717, 1.165) is 0 Å². The molecule has 0 radical (unpaired) electrons. The molecule has 0 aliphatic carbocycles. The van der Waals surface area contributed by atoms with Gasteiger partial charge in [0.15, 0.2) is 0 Å². The van der Waals surface area contributed by atoms with Crippen molar-refractivity contribution >= 4 is 53.9 Å². The number of fused-ring (bicyclic) bond motifs is 6. The average molecular weight is 785 g/mol. The first-order valence-electron chi connectivity index (χ1n) is 21.5. The van der Waals surface area contributed by atoms with E-state index in [4.69, 9.17) is 0 Å². The smallest absolute Gasteiger partial charge is 0.00268 e. The molecule has 0 unspecified atom stereocenters. The fourth-order valence-corrected chi connectivity index (χ4v) is 9.62. The lowest BCUT2D eigenvalue weighted by atomic mass is 9.88. The molecule has 0 heterocycles. The molecule has 0 aliphatic heterocycles. The van der Waals surface area contributed by atoms with E-state index >= 15 is 0 Å². The molecule has 0 spiro atoms. The zero-order valence-corrected chi connectivity index (χ0v) is 34.1. The Balaban J connectivity index is 0.832. The Morgan fingerprint density at radius 2 is 0.581 bits per heavy atom. The molecule has 0 heteroatoms. The van der Waals surface area contributed by atoms with Crippen LogP contribution in [0.15, 0.2) is 243 Å². The molecule has 0 bridgehead atoms. The highest BCUT2D eigenvalue weighted by molar-refractivity contribution is 6.14. The van der Waals surface area contributed by atoms with Gasteiger partial charge in [0, 0.05) is 0 Å². The minimum Gasteiger partial charge on any atom is -0.0622 e. The van der Waals surface area contributed by atoms with Crippen LogP contribution in [0.2, 0.25) is 0 Å². The van der Waals surface area contributed by atoms with Gasteiger partial charge in [-0.2, -0.15) is 0 Å². The topological polar surface area (TPSA) is 0 Å². The van der Waals surface area contributed by atoms with E-state index in [1.807, 2.05) is 0 Å². The van der Waals surface area contributed by atoms with Gasteiger partial charge < -0.3 is 0 Å². The van der Waals surface area contributed by atoms with Crippen LogP contribution >= 0.6 is 0 Å². The van der Waals surface area contributed by atoms with Gasteiger partial charge in [0.2, 0.25) is 0 Å². The molecule has 12 rings (SSSR count). The van der Waals surface area contributed by atoms with Gasteiger partial charge in [-0.3, -0.25) is 0 Å². The highest BCUT2D eigenvalue weighted by Gasteiger charge is 2.14. The predicted molar refractivity (Wildman–Crippen MR) is 267 cm³/mol. The summed E-state index contributed by atoms with van der Waals surface area (Å²) in [5, 5.41) is 12.6. The summed E-state index contributed by atoms with van der Waals surface area (Å²) < 4.78 is 0. The zero-order chi connectivity index (χ0) is 41.0. The van der Waals surface area contributed by atoms with Gasteiger partial charge in [0.1, 0.15) is 0 Å². The molecule has 0 amide bonds. The van der Waals surface area contributed by atoms with Crippen LogP contribution in [-0.2, 0) is 0 Å². The first-order chi connectivity index (χ1) is 30.7. The third kappa shape index (κ3) is 6.33. The van der Waals surface area contributed by atoms with Gasteiger partial charge in [-0.1, -0.05) is 212 Å². The summed E-state index contributed by atoms with van der Waals surface area (Å²) in [5.74, 6) is 0. The normalized spacial score (nSPS) is 11.5. The molecule has 288 valence electrons. The Bertz CT molecular complexity index is 3650. The monoisotopic (exact) mass is 784 g/mol. The maximum absolute atomic E-state index is 2.34. The average Bonchev–Trinajstić information content (AvgIpc) is 3.35. The van der Waals surface area contributed by atoms with Gasteiger partial charge >= 0.3 is 0 Å². The third-order valence-corrected chi connectivity index (χ3v) is 12.8. The van der Waals surface area contributed by atoms with Crippen molar-refractivity contribution in [1.82, 2.24) is 0 Å².